The molecule has 1 saturated heterocycles. The summed E-state index contributed by atoms with van der Waals surface area (Å²) in [5.74, 6) is -0.130. The molecule has 0 amide bonds. The summed E-state index contributed by atoms with van der Waals surface area (Å²) in [6.07, 6.45) is 0. The van der Waals surface area contributed by atoms with E-state index in [9.17, 15) is 8.78 Å². The predicted molar refractivity (Wildman–Crippen MR) is 53.6 cm³/mol. The summed E-state index contributed by atoms with van der Waals surface area (Å²) in [7, 11) is 0. The van der Waals surface area contributed by atoms with Gasteiger partial charge in [-0.1, -0.05) is 11.6 Å². The van der Waals surface area contributed by atoms with Gasteiger partial charge < -0.3 is 10.1 Å². The van der Waals surface area contributed by atoms with Gasteiger partial charge in [-0.3, -0.25) is 0 Å². The Morgan fingerprint density at radius 3 is 2.73 bits per heavy atom. The van der Waals surface area contributed by atoms with Gasteiger partial charge in [0.1, 0.15) is 18.2 Å². The Labute approximate surface area is 91.2 Å². The summed E-state index contributed by atoms with van der Waals surface area (Å²) in [6.45, 7) is 0.503. The number of benzene rings is 1. The number of hydrogen-bond acceptors (Lipinski definition) is 2. The van der Waals surface area contributed by atoms with Gasteiger partial charge in [-0.25, -0.2) is 8.78 Å². The van der Waals surface area contributed by atoms with Crippen LogP contribution in [-0.4, -0.2) is 25.4 Å². The van der Waals surface area contributed by atoms with Gasteiger partial charge in [-0.2, -0.15) is 0 Å². The fourth-order valence-electron chi connectivity index (χ4n) is 1.30. The van der Waals surface area contributed by atoms with Gasteiger partial charge in [0.15, 0.2) is 5.67 Å². The molecule has 0 unspecified atom stereocenters. The third-order valence-electron chi connectivity index (χ3n) is 2.26. The lowest BCUT2D eigenvalue weighted by Crippen LogP contribution is -2.59. The van der Waals surface area contributed by atoms with Crippen LogP contribution in [0.15, 0.2) is 18.2 Å². The van der Waals surface area contributed by atoms with E-state index in [1.807, 2.05) is 0 Å². The van der Waals surface area contributed by atoms with Crippen LogP contribution in [0.3, 0.4) is 0 Å². The van der Waals surface area contributed by atoms with Crippen LogP contribution in [0, 0.1) is 5.82 Å². The molecule has 1 N–H and O–H groups in total. The van der Waals surface area contributed by atoms with E-state index in [-0.39, 0.29) is 24.7 Å². The van der Waals surface area contributed by atoms with E-state index < -0.39 is 11.5 Å². The number of halogens is 3. The lowest BCUT2D eigenvalue weighted by Gasteiger charge is -2.34. The molecule has 1 aliphatic heterocycles. The van der Waals surface area contributed by atoms with Gasteiger partial charge in [-0.15, -0.1) is 0 Å². The molecule has 1 heterocycles. The maximum atomic E-state index is 13.5. The smallest absolute Gasteiger partial charge is 0.169 e. The van der Waals surface area contributed by atoms with Crippen LogP contribution in [0.2, 0.25) is 5.02 Å². The molecule has 2 nitrogen and oxygen atoms in total. The van der Waals surface area contributed by atoms with E-state index >= 15 is 0 Å². The topological polar surface area (TPSA) is 21.3 Å². The third-order valence-corrected chi connectivity index (χ3v) is 2.56. The minimum absolute atomic E-state index is 0.0641. The van der Waals surface area contributed by atoms with Crippen molar-refractivity contribution in [3.63, 3.8) is 0 Å². The van der Waals surface area contributed by atoms with Gasteiger partial charge in [0, 0.05) is 13.1 Å². The van der Waals surface area contributed by atoms with Crippen molar-refractivity contribution in [1.82, 2.24) is 5.32 Å². The van der Waals surface area contributed by atoms with Crippen LogP contribution in [0.25, 0.3) is 0 Å². The van der Waals surface area contributed by atoms with Crippen LogP contribution < -0.4 is 10.1 Å². The fourth-order valence-corrected chi connectivity index (χ4v) is 1.52. The second-order valence-corrected chi connectivity index (χ2v) is 4.03. The van der Waals surface area contributed by atoms with Gasteiger partial charge in [-0.05, 0) is 18.2 Å². The Morgan fingerprint density at radius 2 is 2.20 bits per heavy atom. The summed E-state index contributed by atoms with van der Waals surface area (Å²) in [4.78, 5) is 0. The number of nitrogens with one attached hydrogen (secondary N) is 1. The van der Waals surface area contributed by atoms with E-state index in [2.05, 4.69) is 5.32 Å². The maximum Gasteiger partial charge on any atom is 0.169 e. The average Bonchev–Trinajstić information content (AvgIpc) is 2.14. The maximum absolute atomic E-state index is 13.5. The molecule has 1 aromatic carbocycles. The molecule has 0 radical (unpaired) electrons. The first-order valence-corrected chi connectivity index (χ1v) is 4.94. The number of rotatable bonds is 3. The van der Waals surface area contributed by atoms with Crippen molar-refractivity contribution in [3.8, 4) is 5.75 Å². The van der Waals surface area contributed by atoms with Crippen molar-refractivity contribution in [3.05, 3.63) is 29.0 Å². The van der Waals surface area contributed by atoms with E-state index in [4.69, 9.17) is 16.3 Å². The van der Waals surface area contributed by atoms with Gasteiger partial charge in [0.2, 0.25) is 0 Å². The van der Waals surface area contributed by atoms with Crippen molar-refractivity contribution < 1.29 is 13.5 Å². The SMILES string of the molecule is Fc1ccc(OCC2(F)CNC2)c(Cl)c1. The summed E-state index contributed by atoms with van der Waals surface area (Å²) in [6, 6.07) is 3.76. The minimum Gasteiger partial charge on any atom is -0.489 e. The van der Waals surface area contributed by atoms with Crippen LogP contribution in [0.4, 0.5) is 8.78 Å². The molecule has 1 fully saturated rings. The monoisotopic (exact) mass is 233 g/mol. The number of ether oxygens (including phenoxy) is 1. The average molecular weight is 234 g/mol. The fraction of sp³-hybridized carbons (Fsp3) is 0.400. The zero-order valence-corrected chi connectivity index (χ0v) is 8.65. The first-order valence-electron chi connectivity index (χ1n) is 4.57. The Hall–Kier alpha value is -0.870. The van der Waals surface area contributed by atoms with Crippen LogP contribution in [0.1, 0.15) is 0 Å². The largest absolute Gasteiger partial charge is 0.489 e. The van der Waals surface area contributed by atoms with Crippen molar-refractivity contribution in [2.45, 2.75) is 5.67 Å². The quantitative estimate of drug-likeness (QED) is 0.864. The van der Waals surface area contributed by atoms with Gasteiger partial charge in [0.05, 0.1) is 5.02 Å². The molecule has 1 aromatic rings. The van der Waals surface area contributed by atoms with Gasteiger partial charge >= 0.3 is 0 Å². The highest BCUT2D eigenvalue weighted by molar-refractivity contribution is 6.32. The molecule has 0 atom stereocenters. The molecule has 0 aromatic heterocycles. The summed E-state index contributed by atoms with van der Waals surface area (Å²) in [5.41, 5.74) is -1.32. The first kappa shape index (κ1) is 10.6. The van der Waals surface area contributed by atoms with Crippen molar-refractivity contribution >= 4 is 11.6 Å². The molecule has 1 aliphatic rings. The molecule has 0 saturated carbocycles. The molecular formula is C10H10ClF2NO. The van der Waals surface area contributed by atoms with E-state index in [1.54, 1.807) is 0 Å². The number of hydrogen-bond donors (Lipinski definition) is 1. The third kappa shape index (κ3) is 2.38. The summed E-state index contributed by atoms with van der Waals surface area (Å²) in [5, 5.41) is 2.97. The molecule has 15 heavy (non-hydrogen) atoms. The molecule has 82 valence electrons. The van der Waals surface area contributed by atoms with Gasteiger partial charge in [0.25, 0.3) is 0 Å². The molecule has 5 heteroatoms. The standard InChI is InChI=1S/C10H10ClF2NO/c11-8-3-7(12)1-2-9(8)15-6-10(13)4-14-5-10/h1-3,14H,4-6H2. The zero-order valence-electron chi connectivity index (χ0n) is 7.90. The second kappa shape index (κ2) is 3.94. The van der Waals surface area contributed by atoms with Crippen LogP contribution in [0.5, 0.6) is 5.75 Å². The molecular weight excluding hydrogens is 224 g/mol. The van der Waals surface area contributed by atoms with Crippen LogP contribution in [-0.2, 0) is 0 Å². The summed E-state index contributed by atoms with van der Waals surface area (Å²) < 4.78 is 31.4. The number of alkyl halides is 1. The summed E-state index contributed by atoms with van der Waals surface area (Å²) >= 11 is 5.72. The highest BCUT2D eigenvalue weighted by atomic mass is 35.5. The van der Waals surface area contributed by atoms with E-state index in [0.717, 1.165) is 6.07 Å². The van der Waals surface area contributed by atoms with Crippen LogP contribution >= 0.6 is 11.6 Å². The molecule has 2 rings (SSSR count). The highest BCUT2D eigenvalue weighted by Gasteiger charge is 2.37. The van der Waals surface area contributed by atoms with E-state index in [1.165, 1.54) is 12.1 Å². The second-order valence-electron chi connectivity index (χ2n) is 3.62. The lowest BCUT2D eigenvalue weighted by molar-refractivity contribution is 0.0347. The molecule has 0 spiro atoms. The Morgan fingerprint density at radius 1 is 1.47 bits per heavy atom. The van der Waals surface area contributed by atoms with Crippen molar-refractivity contribution in [2.75, 3.05) is 19.7 Å². The Kier molecular flexibility index (Phi) is 2.80. The molecule has 0 bridgehead atoms. The minimum atomic E-state index is -1.32. The normalized spacial score (nSPS) is 18.3. The first-order chi connectivity index (χ1) is 7.09. The van der Waals surface area contributed by atoms with Crippen molar-refractivity contribution in [1.29, 1.82) is 0 Å². The zero-order chi connectivity index (χ0) is 10.9. The highest BCUT2D eigenvalue weighted by Crippen LogP contribution is 2.27. The predicted octanol–water partition coefficient (Wildman–Crippen LogP) is 2.17. The Bertz CT molecular complexity index is 368. The van der Waals surface area contributed by atoms with E-state index in [0.29, 0.717) is 5.75 Å². The molecule has 0 aliphatic carbocycles. The lowest BCUT2D eigenvalue weighted by atomic mass is 10.0. The Balaban J connectivity index is 1.98. The van der Waals surface area contributed by atoms with Crippen molar-refractivity contribution in [2.24, 2.45) is 0 Å².